The van der Waals surface area contributed by atoms with Crippen LogP contribution in [0.3, 0.4) is 0 Å². The van der Waals surface area contributed by atoms with Gasteiger partial charge in [0.15, 0.2) is 5.69 Å². The molecule has 2 atom stereocenters. The lowest BCUT2D eigenvalue weighted by Gasteiger charge is -2.22. The normalized spacial score (nSPS) is 18.4. The van der Waals surface area contributed by atoms with Crippen molar-refractivity contribution in [2.45, 2.75) is 57.6 Å². The number of rotatable bonds is 8. The Labute approximate surface area is 186 Å². The summed E-state index contributed by atoms with van der Waals surface area (Å²) in [5.41, 5.74) is 0.536. The molecule has 1 amide bonds. The number of carbonyl (C=O) groups is 2. The Kier molecular flexibility index (Phi) is 7.31. The topological polar surface area (TPSA) is 154 Å². The number of nitrogens with two attached hydrogens (primary N) is 1. The van der Waals surface area contributed by atoms with Crippen LogP contribution in [0.5, 0.6) is 0 Å². The summed E-state index contributed by atoms with van der Waals surface area (Å²) < 4.78 is 7.35. The van der Waals surface area contributed by atoms with E-state index in [4.69, 9.17) is 15.7 Å². The van der Waals surface area contributed by atoms with Gasteiger partial charge in [-0.05, 0) is 52.2 Å². The van der Waals surface area contributed by atoms with Gasteiger partial charge in [-0.1, -0.05) is 6.07 Å². The summed E-state index contributed by atoms with van der Waals surface area (Å²) in [5, 5.41) is 19.8. The molecule has 3 rings (SSSR count). The molecule has 11 heteroatoms. The Balaban J connectivity index is 1.72. The monoisotopic (exact) mass is 446 g/mol. The SMILES string of the molecule is CC(C)(C)n1nc([C@H]2CC[C@@H](OC(=O)NCCON)C2)cc1Nc1cccc(C(=O)O)n1. The second-order valence-corrected chi connectivity index (χ2v) is 8.71. The Morgan fingerprint density at radius 1 is 1.31 bits per heavy atom. The van der Waals surface area contributed by atoms with E-state index in [0.717, 1.165) is 18.5 Å². The summed E-state index contributed by atoms with van der Waals surface area (Å²) in [5.74, 6) is 5.13. The fourth-order valence-corrected chi connectivity index (χ4v) is 3.67. The summed E-state index contributed by atoms with van der Waals surface area (Å²) in [6.07, 6.45) is 1.59. The fourth-order valence-electron chi connectivity index (χ4n) is 3.67. The highest BCUT2D eigenvalue weighted by Crippen LogP contribution is 2.37. The number of alkyl carbamates (subject to hydrolysis) is 1. The second-order valence-electron chi connectivity index (χ2n) is 8.71. The highest BCUT2D eigenvalue weighted by molar-refractivity contribution is 5.85. The number of hydrogen-bond acceptors (Lipinski definition) is 8. The number of aromatic carboxylic acids is 1. The molecule has 0 unspecified atom stereocenters. The lowest BCUT2D eigenvalue weighted by Crippen LogP contribution is -2.31. The Hall–Kier alpha value is -3.18. The van der Waals surface area contributed by atoms with Gasteiger partial charge >= 0.3 is 12.1 Å². The van der Waals surface area contributed by atoms with E-state index in [-0.39, 0.29) is 36.4 Å². The van der Waals surface area contributed by atoms with Crippen molar-refractivity contribution in [3.8, 4) is 0 Å². The second kappa shape index (κ2) is 9.96. The first-order chi connectivity index (χ1) is 15.2. The van der Waals surface area contributed by atoms with Crippen LogP contribution in [0.15, 0.2) is 24.3 Å². The molecule has 0 aliphatic heterocycles. The molecule has 2 aromatic rings. The number of amides is 1. The summed E-state index contributed by atoms with van der Waals surface area (Å²) in [6.45, 7) is 6.60. The lowest BCUT2D eigenvalue weighted by molar-refractivity contribution is 0.0690. The number of anilines is 2. The van der Waals surface area contributed by atoms with E-state index in [2.05, 4.69) is 20.5 Å². The average Bonchev–Trinajstić information content (AvgIpc) is 3.35. The van der Waals surface area contributed by atoms with E-state index in [9.17, 15) is 14.7 Å². The van der Waals surface area contributed by atoms with Gasteiger partial charge in [-0.2, -0.15) is 5.10 Å². The number of pyridine rings is 1. The minimum Gasteiger partial charge on any atom is -0.477 e. The highest BCUT2D eigenvalue weighted by atomic mass is 16.6. The molecule has 2 aromatic heterocycles. The van der Waals surface area contributed by atoms with Crippen LogP contribution in [-0.4, -0.2) is 51.2 Å². The van der Waals surface area contributed by atoms with Crippen molar-refractivity contribution >= 4 is 23.7 Å². The van der Waals surface area contributed by atoms with Crippen LogP contribution in [0, 0.1) is 0 Å². The Morgan fingerprint density at radius 3 is 2.78 bits per heavy atom. The van der Waals surface area contributed by atoms with Gasteiger partial charge in [-0.3, -0.25) is 0 Å². The molecule has 0 bridgehead atoms. The van der Waals surface area contributed by atoms with E-state index < -0.39 is 12.1 Å². The van der Waals surface area contributed by atoms with Crippen LogP contribution >= 0.6 is 0 Å². The van der Waals surface area contributed by atoms with Crippen molar-refractivity contribution in [1.82, 2.24) is 20.1 Å². The third-order valence-corrected chi connectivity index (χ3v) is 5.15. The average molecular weight is 447 g/mol. The van der Waals surface area contributed by atoms with Crippen molar-refractivity contribution in [2.24, 2.45) is 5.90 Å². The number of aromatic nitrogens is 3. The van der Waals surface area contributed by atoms with E-state index in [1.807, 2.05) is 31.5 Å². The lowest BCUT2D eigenvalue weighted by atomic mass is 10.0. The number of hydrogen-bond donors (Lipinski definition) is 4. The van der Waals surface area contributed by atoms with Gasteiger partial charge in [0.2, 0.25) is 0 Å². The van der Waals surface area contributed by atoms with Gasteiger partial charge < -0.3 is 25.3 Å². The van der Waals surface area contributed by atoms with Gasteiger partial charge in [0.1, 0.15) is 17.7 Å². The van der Waals surface area contributed by atoms with Crippen molar-refractivity contribution < 1.29 is 24.3 Å². The van der Waals surface area contributed by atoms with Crippen molar-refractivity contribution in [1.29, 1.82) is 0 Å². The quantitative estimate of drug-likeness (QED) is 0.354. The zero-order chi connectivity index (χ0) is 23.3. The van der Waals surface area contributed by atoms with Crippen molar-refractivity contribution in [3.63, 3.8) is 0 Å². The molecule has 0 radical (unpaired) electrons. The van der Waals surface area contributed by atoms with E-state index in [1.54, 1.807) is 12.1 Å². The van der Waals surface area contributed by atoms with Crippen LogP contribution in [0.4, 0.5) is 16.4 Å². The Morgan fingerprint density at radius 2 is 2.09 bits per heavy atom. The van der Waals surface area contributed by atoms with E-state index >= 15 is 0 Å². The molecule has 5 N–H and O–H groups in total. The smallest absolute Gasteiger partial charge is 0.407 e. The van der Waals surface area contributed by atoms with Gasteiger partial charge in [0.05, 0.1) is 17.8 Å². The largest absolute Gasteiger partial charge is 0.477 e. The van der Waals surface area contributed by atoms with Crippen molar-refractivity contribution in [2.75, 3.05) is 18.5 Å². The summed E-state index contributed by atoms with van der Waals surface area (Å²) in [6, 6.07) is 6.74. The van der Waals surface area contributed by atoms with E-state index in [0.29, 0.717) is 18.1 Å². The maximum atomic E-state index is 11.9. The number of carboxylic acids is 1. The zero-order valence-corrected chi connectivity index (χ0v) is 18.5. The molecular weight excluding hydrogens is 416 g/mol. The highest BCUT2D eigenvalue weighted by Gasteiger charge is 2.32. The summed E-state index contributed by atoms with van der Waals surface area (Å²) in [4.78, 5) is 31.7. The number of carboxylic acid groups (broad SMARTS) is 1. The summed E-state index contributed by atoms with van der Waals surface area (Å²) in [7, 11) is 0. The zero-order valence-electron chi connectivity index (χ0n) is 18.5. The number of ether oxygens (including phenoxy) is 1. The molecule has 1 fully saturated rings. The molecule has 0 spiro atoms. The van der Waals surface area contributed by atoms with Gasteiger partial charge in [0, 0.05) is 18.5 Å². The van der Waals surface area contributed by atoms with Crippen LogP contribution in [-0.2, 0) is 15.1 Å². The number of nitrogens with zero attached hydrogens (tertiary/aromatic N) is 3. The molecule has 32 heavy (non-hydrogen) atoms. The molecule has 1 aliphatic rings. The molecule has 1 aliphatic carbocycles. The minimum atomic E-state index is -1.09. The predicted octanol–water partition coefficient (Wildman–Crippen LogP) is 2.73. The molecule has 11 nitrogen and oxygen atoms in total. The van der Waals surface area contributed by atoms with E-state index in [1.165, 1.54) is 6.07 Å². The molecule has 174 valence electrons. The van der Waals surface area contributed by atoms with Crippen LogP contribution < -0.4 is 16.5 Å². The first kappa shape index (κ1) is 23.5. The maximum absolute atomic E-state index is 11.9. The van der Waals surface area contributed by atoms with Crippen molar-refractivity contribution in [3.05, 3.63) is 35.7 Å². The van der Waals surface area contributed by atoms with Crippen LogP contribution in [0.1, 0.15) is 62.1 Å². The first-order valence-electron chi connectivity index (χ1n) is 10.5. The van der Waals surface area contributed by atoms with Gasteiger partial charge in [0.25, 0.3) is 0 Å². The number of nitrogens with one attached hydrogen (secondary N) is 2. The molecule has 0 saturated heterocycles. The fraction of sp³-hybridized carbons (Fsp3) is 0.524. The van der Waals surface area contributed by atoms with Crippen LogP contribution in [0.2, 0.25) is 0 Å². The third-order valence-electron chi connectivity index (χ3n) is 5.15. The molecular formula is C21H30N6O5. The third kappa shape index (κ3) is 5.95. The minimum absolute atomic E-state index is 0.0378. The predicted molar refractivity (Wildman–Crippen MR) is 117 cm³/mol. The Bertz CT molecular complexity index is 954. The standard InChI is InChI=1S/C21H30N6O5/c1-21(2,3)27-18(25-17-6-4-5-15(24-17)19(28)29)12-16(26-27)13-7-8-14(11-13)32-20(30)23-9-10-31-22/h4-6,12-14H,7-11,22H2,1-3H3,(H,23,30)(H,24,25)(H,28,29)/t13-,14+/m0/s1. The van der Waals surface area contributed by atoms with Crippen LogP contribution in [0.25, 0.3) is 0 Å². The maximum Gasteiger partial charge on any atom is 0.407 e. The molecule has 0 aromatic carbocycles. The summed E-state index contributed by atoms with van der Waals surface area (Å²) >= 11 is 0. The first-order valence-corrected chi connectivity index (χ1v) is 10.5. The van der Waals surface area contributed by atoms with Gasteiger partial charge in [-0.25, -0.2) is 25.2 Å². The molecule has 2 heterocycles. The molecule has 1 saturated carbocycles. The number of carbonyl (C=O) groups excluding carboxylic acids is 1. The van der Waals surface area contributed by atoms with Gasteiger partial charge in [-0.15, -0.1) is 0 Å².